The fourth-order valence-corrected chi connectivity index (χ4v) is 2.16. The van der Waals surface area contributed by atoms with Crippen molar-refractivity contribution >= 4 is 11.6 Å². The molecule has 1 atom stereocenters. The second-order valence-corrected chi connectivity index (χ2v) is 4.93. The Balaban J connectivity index is 2.76. The number of benzene rings is 1. The van der Waals surface area contributed by atoms with Gasteiger partial charge in [0, 0.05) is 25.2 Å². The minimum atomic E-state index is -0.779. The molecule has 0 saturated heterocycles. The number of carbonyl (C=O) groups excluding carboxylic acids is 1. The second kappa shape index (κ2) is 7.93. The van der Waals surface area contributed by atoms with Crippen molar-refractivity contribution in [3.63, 3.8) is 0 Å². The Hall–Kier alpha value is -1.69. The fourth-order valence-electron chi connectivity index (χ4n) is 2.16. The molecule has 0 spiro atoms. The lowest BCUT2D eigenvalue weighted by molar-refractivity contribution is 0.0929. The quantitative estimate of drug-likeness (QED) is 0.813. The van der Waals surface area contributed by atoms with Crippen LogP contribution in [0.3, 0.4) is 0 Å². The number of rotatable bonds is 7. The van der Waals surface area contributed by atoms with Gasteiger partial charge in [0.05, 0.1) is 0 Å². The third kappa shape index (κ3) is 4.67. The van der Waals surface area contributed by atoms with Crippen molar-refractivity contribution in [3.05, 3.63) is 29.3 Å². The number of hydrogen-bond acceptors (Lipinski definition) is 3. The second-order valence-electron chi connectivity index (χ2n) is 4.93. The highest BCUT2D eigenvalue weighted by Gasteiger charge is 2.16. The monoisotopic (exact) mass is 299 g/mol. The van der Waals surface area contributed by atoms with Crippen molar-refractivity contribution in [2.45, 2.75) is 26.8 Å². The first-order chi connectivity index (χ1) is 9.92. The molecule has 1 amide bonds. The van der Waals surface area contributed by atoms with Gasteiger partial charge in [-0.15, -0.1) is 0 Å². The predicted octanol–water partition coefficient (Wildman–Crippen LogP) is 2.47. The first-order valence-electron chi connectivity index (χ1n) is 7.12. The maximum Gasteiger partial charge on any atom is 0.251 e. The molecule has 6 heteroatoms. The van der Waals surface area contributed by atoms with E-state index in [9.17, 15) is 13.6 Å². The molecule has 4 nitrogen and oxygen atoms in total. The average Bonchev–Trinajstić information content (AvgIpc) is 2.44. The zero-order valence-corrected chi connectivity index (χ0v) is 13.0. The zero-order chi connectivity index (χ0) is 16.0. The normalized spacial score (nSPS) is 12.3. The molecule has 21 heavy (non-hydrogen) atoms. The van der Waals surface area contributed by atoms with Crippen LogP contribution < -0.4 is 10.6 Å². The van der Waals surface area contributed by atoms with Crippen LogP contribution in [-0.2, 0) is 0 Å². The fraction of sp³-hybridized carbons (Fsp3) is 0.533. The molecule has 0 radical (unpaired) electrons. The number of carbonyl (C=O) groups is 1. The summed E-state index contributed by atoms with van der Waals surface area (Å²) in [6, 6.07) is 1.97. The summed E-state index contributed by atoms with van der Waals surface area (Å²) in [6.45, 7) is 8.41. The van der Waals surface area contributed by atoms with Gasteiger partial charge in [0.15, 0.2) is 0 Å². The maximum atomic E-state index is 13.6. The Labute approximate surface area is 124 Å². The van der Waals surface area contributed by atoms with Crippen LogP contribution in [-0.4, -0.2) is 43.5 Å². The summed E-state index contributed by atoms with van der Waals surface area (Å²) in [5.74, 6) is -2.03. The van der Waals surface area contributed by atoms with Crippen LogP contribution in [0.2, 0.25) is 0 Å². The molecule has 1 rings (SSSR count). The molecule has 0 bridgehead atoms. The van der Waals surface area contributed by atoms with E-state index in [1.54, 1.807) is 0 Å². The first-order valence-corrected chi connectivity index (χ1v) is 7.12. The molecule has 118 valence electrons. The predicted molar refractivity (Wildman–Crippen MR) is 80.6 cm³/mol. The number of nitrogens with one attached hydrogen (secondary N) is 2. The molecule has 0 fully saturated rings. The van der Waals surface area contributed by atoms with Gasteiger partial charge in [-0.1, -0.05) is 13.8 Å². The van der Waals surface area contributed by atoms with Gasteiger partial charge in [0.2, 0.25) is 0 Å². The Morgan fingerprint density at radius 1 is 1.24 bits per heavy atom. The van der Waals surface area contributed by atoms with Gasteiger partial charge in [-0.3, -0.25) is 4.79 Å². The molecule has 0 aliphatic rings. The number of hydrogen-bond donors (Lipinski definition) is 2. The summed E-state index contributed by atoms with van der Waals surface area (Å²) in [7, 11) is 1.42. The van der Waals surface area contributed by atoms with E-state index in [0.29, 0.717) is 6.54 Å². The van der Waals surface area contributed by atoms with Gasteiger partial charge < -0.3 is 15.5 Å². The number of nitrogens with zero attached hydrogens (tertiary/aromatic N) is 1. The Morgan fingerprint density at radius 3 is 2.19 bits per heavy atom. The van der Waals surface area contributed by atoms with Gasteiger partial charge in [0.1, 0.15) is 17.3 Å². The molecule has 1 aromatic carbocycles. The van der Waals surface area contributed by atoms with E-state index in [-0.39, 0.29) is 17.3 Å². The largest absolute Gasteiger partial charge is 0.383 e. The highest BCUT2D eigenvalue weighted by molar-refractivity contribution is 5.94. The molecular weight excluding hydrogens is 276 g/mol. The van der Waals surface area contributed by atoms with Gasteiger partial charge >= 0.3 is 0 Å². The summed E-state index contributed by atoms with van der Waals surface area (Å²) in [5.41, 5.74) is -0.252. The zero-order valence-electron chi connectivity index (χ0n) is 13.0. The molecule has 0 aromatic heterocycles. The van der Waals surface area contributed by atoms with Crippen LogP contribution >= 0.6 is 0 Å². The van der Waals surface area contributed by atoms with Crippen molar-refractivity contribution in [1.82, 2.24) is 10.2 Å². The minimum Gasteiger partial charge on any atom is -0.383 e. The summed E-state index contributed by atoms with van der Waals surface area (Å²) in [5, 5.41) is 5.18. The molecule has 0 aliphatic heterocycles. The van der Waals surface area contributed by atoms with Crippen molar-refractivity contribution < 1.29 is 13.6 Å². The van der Waals surface area contributed by atoms with Crippen LogP contribution in [0.25, 0.3) is 0 Å². The third-order valence-electron chi connectivity index (χ3n) is 3.36. The van der Waals surface area contributed by atoms with E-state index in [1.807, 2.05) is 20.8 Å². The van der Waals surface area contributed by atoms with Crippen molar-refractivity contribution in [3.8, 4) is 0 Å². The van der Waals surface area contributed by atoms with Gasteiger partial charge in [-0.2, -0.15) is 0 Å². The lowest BCUT2D eigenvalue weighted by atomic mass is 10.1. The molecule has 1 aromatic rings. The molecule has 2 N–H and O–H groups in total. The van der Waals surface area contributed by atoms with Crippen molar-refractivity contribution in [1.29, 1.82) is 0 Å². The highest BCUT2D eigenvalue weighted by atomic mass is 19.1. The van der Waals surface area contributed by atoms with Crippen LogP contribution in [0, 0.1) is 11.6 Å². The topological polar surface area (TPSA) is 44.4 Å². The summed E-state index contributed by atoms with van der Waals surface area (Å²) in [6.07, 6.45) is 0. The van der Waals surface area contributed by atoms with Gasteiger partial charge in [-0.05, 0) is 32.1 Å². The van der Waals surface area contributed by atoms with E-state index in [0.717, 1.165) is 25.2 Å². The lowest BCUT2D eigenvalue weighted by Gasteiger charge is -2.23. The number of amides is 1. The summed E-state index contributed by atoms with van der Waals surface area (Å²) in [4.78, 5) is 14.2. The van der Waals surface area contributed by atoms with Gasteiger partial charge in [-0.25, -0.2) is 8.78 Å². The van der Waals surface area contributed by atoms with E-state index in [4.69, 9.17) is 0 Å². The van der Waals surface area contributed by atoms with E-state index in [2.05, 4.69) is 15.5 Å². The average molecular weight is 299 g/mol. The summed E-state index contributed by atoms with van der Waals surface area (Å²) >= 11 is 0. The van der Waals surface area contributed by atoms with E-state index >= 15 is 0 Å². The number of halogens is 2. The maximum absolute atomic E-state index is 13.6. The van der Waals surface area contributed by atoms with Crippen LogP contribution in [0.5, 0.6) is 0 Å². The Morgan fingerprint density at radius 2 is 1.76 bits per heavy atom. The number of anilines is 1. The standard InChI is InChI=1S/C15H23F2N3O/c1-5-20(6-2)9-10(3)19-15(21)11-7-12(16)14(18-4)13(17)8-11/h7-8,10,18H,5-6,9H2,1-4H3,(H,19,21). The molecule has 1 unspecified atom stereocenters. The van der Waals surface area contributed by atoms with E-state index in [1.165, 1.54) is 7.05 Å². The lowest BCUT2D eigenvalue weighted by Crippen LogP contribution is -2.42. The summed E-state index contributed by atoms with van der Waals surface area (Å²) < 4.78 is 27.3. The molecule has 0 aliphatic carbocycles. The van der Waals surface area contributed by atoms with Crippen LogP contribution in [0.4, 0.5) is 14.5 Å². The van der Waals surface area contributed by atoms with Crippen LogP contribution in [0.15, 0.2) is 12.1 Å². The van der Waals surface area contributed by atoms with Crippen LogP contribution in [0.1, 0.15) is 31.1 Å². The SMILES string of the molecule is CCN(CC)CC(C)NC(=O)c1cc(F)c(NC)c(F)c1. The molecule has 0 heterocycles. The first kappa shape index (κ1) is 17.4. The number of likely N-dealkylation sites (N-methyl/N-ethyl adjacent to an activating group) is 1. The van der Waals surface area contributed by atoms with E-state index < -0.39 is 17.5 Å². The van der Waals surface area contributed by atoms with Crippen molar-refractivity contribution in [2.75, 3.05) is 32.0 Å². The third-order valence-corrected chi connectivity index (χ3v) is 3.36. The highest BCUT2D eigenvalue weighted by Crippen LogP contribution is 2.20. The van der Waals surface area contributed by atoms with Crippen molar-refractivity contribution in [2.24, 2.45) is 0 Å². The Bertz CT molecular complexity index is 467. The smallest absolute Gasteiger partial charge is 0.251 e. The minimum absolute atomic E-state index is 0.0182. The Kier molecular flexibility index (Phi) is 6.55. The van der Waals surface area contributed by atoms with Gasteiger partial charge in [0.25, 0.3) is 5.91 Å². The molecular formula is C15H23F2N3O. The molecule has 0 saturated carbocycles.